The molecule has 7 nitrogen and oxygen atoms in total. The van der Waals surface area contributed by atoms with Gasteiger partial charge < -0.3 is 5.73 Å². The standard InChI is InChI=1S/C35H32Cl2N4O3S/c36-26-10-5-22(6-11-26)33(23-7-12-27(37)13-8-23)25-9-16-31-30(21-25)34(41(39-31)28-14-15-28)24-17-19-40(20-18-24)45(43,44)32-4-2-1-3-29(32)35(38)42/h1-13,16,21,24,28,33H,14-15,17-20H2,(H2,38,42). The molecule has 45 heavy (non-hydrogen) atoms. The average molecular weight is 660 g/mol. The van der Waals surface area contributed by atoms with E-state index in [0.29, 0.717) is 42.0 Å². The average Bonchev–Trinajstić information content (AvgIpc) is 3.83. The van der Waals surface area contributed by atoms with Crippen LogP contribution in [0.2, 0.25) is 10.0 Å². The molecule has 2 aliphatic rings. The first kappa shape index (κ1) is 30.0. The summed E-state index contributed by atoms with van der Waals surface area (Å²) in [5.74, 6) is -0.665. The van der Waals surface area contributed by atoms with Crippen molar-refractivity contribution in [2.24, 2.45) is 5.73 Å². The van der Waals surface area contributed by atoms with Crippen LogP contribution < -0.4 is 5.73 Å². The number of fused-ring (bicyclic) bond motifs is 1. The third-order valence-electron chi connectivity index (χ3n) is 9.00. The summed E-state index contributed by atoms with van der Waals surface area (Å²) in [7, 11) is -3.88. The quantitative estimate of drug-likeness (QED) is 0.174. The van der Waals surface area contributed by atoms with Crippen LogP contribution in [0.25, 0.3) is 10.9 Å². The van der Waals surface area contributed by atoms with E-state index in [-0.39, 0.29) is 22.3 Å². The van der Waals surface area contributed by atoms with E-state index in [0.717, 1.165) is 40.4 Å². The lowest BCUT2D eigenvalue weighted by Crippen LogP contribution is -2.39. The molecule has 1 aliphatic carbocycles. The molecule has 0 radical (unpaired) electrons. The van der Waals surface area contributed by atoms with Crippen LogP contribution in [0.5, 0.6) is 0 Å². The Hall–Kier alpha value is -3.69. The van der Waals surface area contributed by atoms with Gasteiger partial charge in [0.1, 0.15) is 0 Å². The van der Waals surface area contributed by atoms with Gasteiger partial charge in [-0.2, -0.15) is 9.40 Å². The lowest BCUT2D eigenvalue weighted by molar-refractivity contribution is 0.0997. The van der Waals surface area contributed by atoms with Crippen LogP contribution in [0.1, 0.15) is 76.3 Å². The van der Waals surface area contributed by atoms with E-state index >= 15 is 0 Å². The predicted molar refractivity (Wildman–Crippen MR) is 178 cm³/mol. The van der Waals surface area contributed by atoms with Crippen molar-refractivity contribution in [2.45, 2.75) is 48.5 Å². The maximum absolute atomic E-state index is 13.6. The second-order valence-corrected chi connectivity index (χ2v) is 14.7. The number of aromatic nitrogens is 2. The number of rotatable bonds is 8. The number of carbonyl (C=O) groups is 1. The van der Waals surface area contributed by atoms with E-state index in [1.54, 1.807) is 12.1 Å². The summed E-state index contributed by atoms with van der Waals surface area (Å²) in [4.78, 5) is 12.0. The Labute approximate surface area is 272 Å². The number of nitrogens with zero attached hydrogens (tertiary/aromatic N) is 3. The molecule has 2 fully saturated rings. The number of primary amides is 1. The van der Waals surface area contributed by atoms with E-state index in [9.17, 15) is 13.2 Å². The second-order valence-electron chi connectivity index (χ2n) is 11.9. The molecule has 1 saturated carbocycles. The van der Waals surface area contributed by atoms with Gasteiger partial charge >= 0.3 is 0 Å². The van der Waals surface area contributed by atoms with E-state index in [4.69, 9.17) is 34.0 Å². The van der Waals surface area contributed by atoms with Gasteiger partial charge in [-0.25, -0.2) is 8.42 Å². The summed E-state index contributed by atoms with van der Waals surface area (Å²) in [5.41, 5.74) is 11.0. The van der Waals surface area contributed by atoms with Gasteiger partial charge in [0.15, 0.2) is 0 Å². The van der Waals surface area contributed by atoms with Crippen LogP contribution in [0.3, 0.4) is 0 Å². The number of hydrogen-bond donors (Lipinski definition) is 1. The molecular formula is C35H32Cl2N4O3S. The van der Waals surface area contributed by atoms with Crippen molar-refractivity contribution >= 4 is 50.0 Å². The Morgan fingerprint density at radius 3 is 1.96 bits per heavy atom. The van der Waals surface area contributed by atoms with Crippen LogP contribution in [0, 0.1) is 0 Å². The van der Waals surface area contributed by atoms with Gasteiger partial charge in [0.05, 0.1) is 22.0 Å². The smallest absolute Gasteiger partial charge is 0.250 e. The van der Waals surface area contributed by atoms with E-state index < -0.39 is 15.9 Å². The van der Waals surface area contributed by atoms with Crippen LogP contribution in [-0.4, -0.2) is 41.5 Å². The molecule has 0 spiro atoms. The Morgan fingerprint density at radius 2 is 1.38 bits per heavy atom. The summed E-state index contributed by atoms with van der Waals surface area (Å²) < 4.78 is 30.9. The molecule has 1 saturated heterocycles. The zero-order valence-electron chi connectivity index (χ0n) is 24.4. The number of sulfonamides is 1. The highest BCUT2D eigenvalue weighted by atomic mass is 35.5. The third-order valence-corrected chi connectivity index (χ3v) is 11.5. The second kappa shape index (κ2) is 11.9. The molecule has 10 heteroatoms. The number of hydrogen-bond acceptors (Lipinski definition) is 4. The van der Waals surface area contributed by atoms with Gasteiger partial charge in [-0.3, -0.25) is 9.48 Å². The summed E-state index contributed by atoms with van der Waals surface area (Å²) in [6.45, 7) is 0.685. The summed E-state index contributed by atoms with van der Waals surface area (Å²) in [6.07, 6.45) is 3.47. The molecular weight excluding hydrogens is 627 g/mol. The first-order valence-corrected chi connectivity index (χ1v) is 17.3. The fraction of sp³-hybridized carbons (Fsp3) is 0.257. The molecule has 1 amide bonds. The lowest BCUT2D eigenvalue weighted by Gasteiger charge is -2.32. The molecule has 1 aliphatic heterocycles. The van der Waals surface area contributed by atoms with Crippen molar-refractivity contribution < 1.29 is 13.2 Å². The van der Waals surface area contributed by atoms with Gasteiger partial charge in [0.25, 0.3) is 0 Å². The number of benzene rings is 4. The first-order chi connectivity index (χ1) is 21.7. The number of carbonyl (C=O) groups excluding carboxylic acids is 1. The Balaban J connectivity index is 1.25. The topological polar surface area (TPSA) is 98.3 Å². The van der Waals surface area contributed by atoms with Crippen molar-refractivity contribution in [1.82, 2.24) is 14.1 Å². The molecule has 7 rings (SSSR count). The number of amides is 1. The van der Waals surface area contributed by atoms with E-state index in [1.807, 2.05) is 24.3 Å². The van der Waals surface area contributed by atoms with Gasteiger partial charge in [0, 0.05) is 46.1 Å². The van der Waals surface area contributed by atoms with Crippen molar-refractivity contribution in [1.29, 1.82) is 0 Å². The lowest BCUT2D eigenvalue weighted by atomic mass is 9.84. The zero-order valence-corrected chi connectivity index (χ0v) is 26.8. The van der Waals surface area contributed by atoms with E-state index in [1.165, 1.54) is 22.1 Å². The van der Waals surface area contributed by atoms with Gasteiger partial charge in [0.2, 0.25) is 15.9 Å². The fourth-order valence-electron chi connectivity index (χ4n) is 6.61. The van der Waals surface area contributed by atoms with Crippen LogP contribution >= 0.6 is 23.2 Å². The van der Waals surface area contributed by atoms with Crippen molar-refractivity contribution in [2.75, 3.05) is 13.1 Å². The van der Waals surface area contributed by atoms with Gasteiger partial charge in [-0.05, 0) is 90.9 Å². The maximum atomic E-state index is 13.6. The highest BCUT2D eigenvalue weighted by Crippen LogP contribution is 2.44. The first-order valence-electron chi connectivity index (χ1n) is 15.1. The molecule has 1 aromatic heterocycles. The molecule has 0 bridgehead atoms. The molecule has 5 aromatic rings. The minimum absolute atomic E-state index is 0.0147. The minimum Gasteiger partial charge on any atom is -0.366 e. The van der Waals surface area contributed by atoms with Crippen molar-refractivity contribution in [3.8, 4) is 0 Å². The van der Waals surface area contributed by atoms with Crippen molar-refractivity contribution in [3.63, 3.8) is 0 Å². The van der Waals surface area contributed by atoms with Crippen molar-refractivity contribution in [3.05, 3.63) is 129 Å². The Bertz CT molecular complexity index is 1950. The van der Waals surface area contributed by atoms with Gasteiger partial charge in [-0.1, -0.05) is 65.7 Å². The predicted octanol–water partition coefficient (Wildman–Crippen LogP) is 7.53. The third kappa shape index (κ3) is 5.76. The highest BCUT2D eigenvalue weighted by Gasteiger charge is 2.36. The Kier molecular flexibility index (Phi) is 7.94. The molecule has 2 N–H and O–H groups in total. The Morgan fingerprint density at radius 1 is 0.800 bits per heavy atom. The van der Waals surface area contributed by atoms with Crippen LogP contribution in [-0.2, 0) is 10.0 Å². The zero-order chi connectivity index (χ0) is 31.3. The van der Waals surface area contributed by atoms with E-state index in [2.05, 4.69) is 47.1 Å². The van der Waals surface area contributed by atoms with Crippen LogP contribution in [0.15, 0.2) is 95.9 Å². The number of piperidine rings is 1. The maximum Gasteiger partial charge on any atom is 0.250 e. The summed E-state index contributed by atoms with van der Waals surface area (Å²) in [5, 5.41) is 7.54. The molecule has 4 aromatic carbocycles. The normalized spacial score (nSPS) is 16.4. The summed E-state index contributed by atoms with van der Waals surface area (Å²) >= 11 is 12.5. The number of nitrogens with two attached hydrogens (primary N) is 1. The monoisotopic (exact) mass is 658 g/mol. The molecule has 0 unspecified atom stereocenters. The summed E-state index contributed by atoms with van der Waals surface area (Å²) in [6, 6.07) is 28.9. The molecule has 230 valence electrons. The molecule has 2 heterocycles. The van der Waals surface area contributed by atoms with Crippen LogP contribution in [0.4, 0.5) is 0 Å². The SMILES string of the molecule is NC(=O)c1ccccc1S(=O)(=O)N1CCC(c2c3cc(C(c4ccc(Cl)cc4)c4ccc(Cl)cc4)ccc3nn2C2CC2)CC1. The van der Waals surface area contributed by atoms with Gasteiger partial charge in [-0.15, -0.1) is 0 Å². The highest BCUT2D eigenvalue weighted by molar-refractivity contribution is 7.89. The fourth-order valence-corrected chi connectivity index (χ4v) is 8.53. The minimum atomic E-state index is -3.88. The largest absolute Gasteiger partial charge is 0.366 e. The molecule has 0 atom stereocenters. The number of halogens is 2.